The van der Waals surface area contributed by atoms with E-state index in [2.05, 4.69) is 5.16 Å². The molecule has 1 aliphatic carbocycles. The lowest BCUT2D eigenvalue weighted by atomic mass is 10.2. The molecule has 1 unspecified atom stereocenters. The van der Waals surface area contributed by atoms with E-state index in [-0.39, 0.29) is 18.8 Å². The minimum absolute atomic E-state index is 0.00834. The van der Waals surface area contributed by atoms with Crippen molar-refractivity contribution < 1.29 is 24.0 Å². The molecule has 1 N–H and O–H groups in total. The zero-order valence-corrected chi connectivity index (χ0v) is 10.2. The van der Waals surface area contributed by atoms with Gasteiger partial charge in [-0.1, -0.05) is 5.16 Å². The van der Waals surface area contributed by atoms with Crippen molar-refractivity contribution in [1.29, 1.82) is 0 Å². The van der Waals surface area contributed by atoms with Gasteiger partial charge in [-0.15, -0.1) is 0 Å². The highest BCUT2D eigenvalue weighted by atomic mass is 16.5. The van der Waals surface area contributed by atoms with Crippen LogP contribution >= 0.6 is 0 Å². The zero-order valence-electron chi connectivity index (χ0n) is 10.2. The number of carboxylic acids is 1. The number of morpholine rings is 1. The summed E-state index contributed by atoms with van der Waals surface area (Å²) in [6.07, 6.45) is 2.11. The van der Waals surface area contributed by atoms with E-state index in [1.54, 1.807) is 6.07 Å². The zero-order chi connectivity index (χ0) is 13.4. The minimum Gasteiger partial charge on any atom is -0.480 e. The number of nitrogens with zero attached hydrogens (tertiary/aromatic N) is 2. The summed E-state index contributed by atoms with van der Waals surface area (Å²) in [4.78, 5) is 24.6. The maximum absolute atomic E-state index is 12.3. The average Bonchev–Trinajstić information content (AvgIpc) is 3.16. The largest absolute Gasteiger partial charge is 0.480 e. The van der Waals surface area contributed by atoms with Crippen LogP contribution in [0.5, 0.6) is 0 Å². The number of amides is 1. The van der Waals surface area contributed by atoms with Gasteiger partial charge in [-0.25, -0.2) is 4.79 Å². The first-order valence-electron chi connectivity index (χ1n) is 6.25. The lowest BCUT2D eigenvalue weighted by Crippen LogP contribution is -2.52. The summed E-state index contributed by atoms with van der Waals surface area (Å²) in [5.74, 6) is -0.400. The highest BCUT2D eigenvalue weighted by Gasteiger charge is 2.35. The van der Waals surface area contributed by atoms with Gasteiger partial charge in [0.15, 0.2) is 11.7 Å². The van der Waals surface area contributed by atoms with Gasteiger partial charge in [-0.05, 0) is 12.8 Å². The van der Waals surface area contributed by atoms with Crippen molar-refractivity contribution in [1.82, 2.24) is 10.1 Å². The van der Waals surface area contributed by atoms with Crippen LogP contribution in [0.2, 0.25) is 0 Å². The molecule has 0 bridgehead atoms. The van der Waals surface area contributed by atoms with Gasteiger partial charge >= 0.3 is 5.97 Å². The Kier molecular flexibility index (Phi) is 2.98. The molecule has 102 valence electrons. The van der Waals surface area contributed by atoms with Crippen LogP contribution in [0.4, 0.5) is 0 Å². The summed E-state index contributed by atoms with van der Waals surface area (Å²) >= 11 is 0. The Hall–Kier alpha value is -1.89. The molecule has 7 nitrogen and oxygen atoms in total. The minimum atomic E-state index is -1.07. The molecule has 3 rings (SSSR count). The normalized spacial score (nSPS) is 23.4. The first-order chi connectivity index (χ1) is 9.16. The fourth-order valence-electron chi connectivity index (χ4n) is 2.15. The fourth-order valence-corrected chi connectivity index (χ4v) is 2.15. The Bertz CT molecular complexity index is 508. The molecule has 1 amide bonds. The molecule has 2 fully saturated rings. The van der Waals surface area contributed by atoms with Crippen LogP contribution in [0, 0.1) is 0 Å². The first-order valence-corrected chi connectivity index (χ1v) is 6.25. The predicted octanol–water partition coefficient (Wildman–Crippen LogP) is 0.478. The lowest BCUT2D eigenvalue weighted by molar-refractivity contribution is -0.147. The van der Waals surface area contributed by atoms with Gasteiger partial charge in [-0.3, -0.25) is 4.79 Å². The second-order valence-corrected chi connectivity index (χ2v) is 4.82. The van der Waals surface area contributed by atoms with Crippen molar-refractivity contribution in [3.8, 4) is 0 Å². The maximum Gasteiger partial charge on any atom is 0.328 e. The van der Waals surface area contributed by atoms with E-state index in [1.807, 2.05) is 0 Å². The maximum atomic E-state index is 12.3. The molecule has 1 aromatic rings. The average molecular weight is 266 g/mol. The van der Waals surface area contributed by atoms with Crippen molar-refractivity contribution in [2.45, 2.75) is 24.8 Å². The van der Waals surface area contributed by atoms with Gasteiger partial charge in [0.25, 0.3) is 5.91 Å². The predicted molar refractivity (Wildman–Crippen MR) is 61.8 cm³/mol. The van der Waals surface area contributed by atoms with Gasteiger partial charge in [0.05, 0.1) is 13.2 Å². The van der Waals surface area contributed by atoms with Crippen molar-refractivity contribution >= 4 is 11.9 Å². The number of aliphatic carboxylic acids is 1. The van der Waals surface area contributed by atoms with Crippen molar-refractivity contribution in [2.75, 3.05) is 19.8 Å². The number of aromatic nitrogens is 1. The third kappa shape index (κ3) is 2.33. The van der Waals surface area contributed by atoms with E-state index in [9.17, 15) is 9.59 Å². The molecular formula is C12H14N2O5. The number of carbonyl (C=O) groups excluding carboxylic acids is 1. The standard InChI is InChI=1S/C12H14N2O5/c15-11(8-5-10(19-13-8)7-1-2-7)14-3-4-18-6-9(14)12(16)17/h5,7,9H,1-4,6H2,(H,16,17). The van der Waals surface area contributed by atoms with Crippen LogP contribution < -0.4 is 0 Å². The van der Waals surface area contributed by atoms with E-state index in [0.717, 1.165) is 12.8 Å². The van der Waals surface area contributed by atoms with Crippen LogP contribution in [0.15, 0.2) is 10.6 Å². The number of ether oxygens (including phenoxy) is 1. The second kappa shape index (κ2) is 4.65. The summed E-state index contributed by atoms with van der Waals surface area (Å²) < 4.78 is 10.2. The summed E-state index contributed by atoms with van der Waals surface area (Å²) in [5.41, 5.74) is 0.176. The molecule has 1 aliphatic heterocycles. The molecule has 0 aromatic carbocycles. The van der Waals surface area contributed by atoms with Gasteiger partial charge in [0, 0.05) is 18.5 Å². The highest BCUT2D eigenvalue weighted by Crippen LogP contribution is 2.40. The van der Waals surface area contributed by atoms with Crippen molar-refractivity contribution in [3.63, 3.8) is 0 Å². The molecule has 1 aromatic heterocycles. The second-order valence-electron chi connectivity index (χ2n) is 4.82. The Morgan fingerprint density at radius 2 is 2.21 bits per heavy atom. The van der Waals surface area contributed by atoms with Crippen molar-refractivity contribution in [3.05, 3.63) is 17.5 Å². The summed E-state index contributed by atoms with van der Waals surface area (Å²) in [6, 6.07) is 0.663. The molecule has 2 heterocycles. The SMILES string of the molecule is O=C(O)C1COCCN1C(=O)c1cc(C2CC2)on1. The van der Waals surface area contributed by atoms with Gasteiger partial charge in [0.1, 0.15) is 5.76 Å². The number of carboxylic acid groups (broad SMARTS) is 1. The van der Waals surface area contributed by atoms with Crippen molar-refractivity contribution in [2.24, 2.45) is 0 Å². The quantitative estimate of drug-likeness (QED) is 0.855. The molecular weight excluding hydrogens is 252 g/mol. The van der Waals surface area contributed by atoms with Gasteiger partial charge in [0.2, 0.25) is 0 Å². The smallest absolute Gasteiger partial charge is 0.328 e. The third-order valence-corrected chi connectivity index (χ3v) is 3.40. The molecule has 1 saturated heterocycles. The Balaban J connectivity index is 1.78. The highest BCUT2D eigenvalue weighted by molar-refractivity contribution is 5.95. The monoisotopic (exact) mass is 266 g/mol. The third-order valence-electron chi connectivity index (χ3n) is 3.40. The molecule has 1 saturated carbocycles. The number of rotatable bonds is 3. The van der Waals surface area contributed by atoms with Gasteiger partial charge < -0.3 is 19.3 Å². The molecule has 19 heavy (non-hydrogen) atoms. The lowest BCUT2D eigenvalue weighted by Gasteiger charge is -2.32. The number of carbonyl (C=O) groups is 2. The summed E-state index contributed by atoms with van der Waals surface area (Å²) in [6.45, 7) is 0.596. The Labute approximate surface area is 109 Å². The Morgan fingerprint density at radius 1 is 1.42 bits per heavy atom. The van der Waals surface area contributed by atoms with Crippen LogP contribution in [0.25, 0.3) is 0 Å². The molecule has 7 heteroatoms. The molecule has 2 aliphatic rings. The summed E-state index contributed by atoms with van der Waals surface area (Å²) in [7, 11) is 0. The van der Waals surface area contributed by atoms with E-state index < -0.39 is 17.9 Å². The molecule has 1 atom stereocenters. The van der Waals surface area contributed by atoms with E-state index in [0.29, 0.717) is 18.3 Å². The number of hydrogen-bond donors (Lipinski definition) is 1. The molecule has 0 spiro atoms. The summed E-state index contributed by atoms with van der Waals surface area (Å²) in [5, 5.41) is 12.8. The fraction of sp³-hybridized carbons (Fsp3) is 0.583. The van der Waals surface area contributed by atoms with Crippen LogP contribution in [0.1, 0.15) is 35.0 Å². The molecule has 0 radical (unpaired) electrons. The Morgan fingerprint density at radius 3 is 2.89 bits per heavy atom. The van der Waals surface area contributed by atoms with E-state index >= 15 is 0 Å². The topological polar surface area (TPSA) is 92.9 Å². The van der Waals surface area contributed by atoms with Crippen LogP contribution in [-0.2, 0) is 9.53 Å². The van der Waals surface area contributed by atoms with Crippen LogP contribution in [0.3, 0.4) is 0 Å². The van der Waals surface area contributed by atoms with Crippen LogP contribution in [-0.4, -0.2) is 52.8 Å². The van der Waals surface area contributed by atoms with E-state index in [1.165, 1.54) is 4.90 Å². The number of hydrogen-bond acceptors (Lipinski definition) is 5. The first kappa shape index (κ1) is 12.2. The van der Waals surface area contributed by atoms with Gasteiger partial charge in [-0.2, -0.15) is 0 Å². The van der Waals surface area contributed by atoms with E-state index in [4.69, 9.17) is 14.4 Å².